The molecule has 0 spiro atoms. The second kappa shape index (κ2) is 4.80. The molecule has 1 aliphatic rings. The van der Waals surface area contributed by atoms with Gasteiger partial charge in [0.2, 0.25) is 0 Å². The van der Waals surface area contributed by atoms with Crippen LogP contribution in [0.3, 0.4) is 0 Å². The van der Waals surface area contributed by atoms with Crippen LogP contribution in [0.25, 0.3) is 0 Å². The van der Waals surface area contributed by atoms with E-state index in [1.54, 1.807) is 5.56 Å². The molecule has 0 saturated heterocycles. The predicted molar refractivity (Wildman–Crippen MR) is 65.1 cm³/mol. The zero-order valence-electron chi connectivity index (χ0n) is 9.79. The van der Waals surface area contributed by atoms with Gasteiger partial charge in [0.05, 0.1) is 0 Å². The van der Waals surface area contributed by atoms with Crippen LogP contribution in [0.5, 0.6) is 0 Å². The van der Waals surface area contributed by atoms with Crippen molar-refractivity contribution in [2.45, 2.75) is 44.6 Å². The first-order valence-electron chi connectivity index (χ1n) is 6.08. The topological polar surface area (TPSA) is 12.0 Å². The van der Waals surface area contributed by atoms with E-state index in [-0.39, 0.29) is 0 Å². The lowest BCUT2D eigenvalue weighted by Crippen LogP contribution is -2.12. The highest BCUT2D eigenvalue weighted by Crippen LogP contribution is 2.34. The molecule has 2 rings (SSSR count). The number of benzene rings is 1. The Balaban J connectivity index is 2.09. The van der Waals surface area contributed by atoms with Crippen LogP contribution in [-0.4, -0.2) is 7.05 Å². The van der Waals surface area contributed by atoms with E-state index in [1.807, 2.05) is 7.05 Å². The summed E-state index contributed by atoms with van der Waals surface area (Å²) >= 11 is 0. The molecule has 1 saturated carbocycles. The normalized spacial score (nSPS) is 19.3. The van der Waals surface area contributed by atoms with Crippen molar-refractivity contribution in [1.29, 1.82) is 0 Å². The molecule has 0 aliphatic heterocycles. The van der Waals surface area contributed by atoms with Gasteiger partial charge in [0.25, 0.3) is 0 Å². The fraction of sp³-hybridized carbons (Fsp3) is 0.571. The van der Waals surface area contributed by atoms with Gasteiger partial charge in [-0.15, -0.1) is 0 Å². The van der Waals surface area contributed by atoms with Gasteiger partial charge in [-0.2, -0.15) is 0 Å². The van der Waals surface area contributed by atoms with E-state index in [1.165, 1.54) is 31.2 Å². The minimum atomic E-state index is 0.461. The van der Waals surface area contributed by atoms with E-state index < -0.39 is 0 Å². The SMILES string of the molecule is CNC(C)c1ccc(C2CCCC2)cc1. The quantitative estimate of drug-likeness (QED) is 0.791. The van der Waals surface area contributed by atoms with E-state index in [0.717, 1.165) is 5.92 Å². The van der Waals surface area contributed by atoms with E-state index in [9.17, 15) is 0 Å². The minimum Gasteiger partial charge on any atom is -0.313 e. The van der Waals surface area contributed by atoms with Crippen molar-refractivity contribution in [3.8, 4) is 0 Å². The summed E-state index contributed by atoms with van der Waals surface area (Å²) < 4.78 is 0. The van der Waals surface area contributed by atoms with Crippen molar-refractivity contribution in [2.75, 3.05) is 7.05 Å². The van der Waals surface area contributed by atoms with E-state index >= 15 is 0 Å². The molecular weight excluding hydrogens is 182 g/mol. The number of hydrogen-bond acceptors (Lipinski definition) is 1. The molecule has 1 aliphatic carbocycles. The standard InChI is InChI=1S/C14H21N/c1-11(15-2)12-7-9-14(10-8-12)13-5-3-4-6-13/h7-11,13,15H,3-6H2,1-2H3. The van der Waals surface area contributed by atoms with Crippen LogP contribution in [0.1, 0.15) is 55.7 Å². The summed E-state index contributed by atoms with van der Waals surface area (Å²) in [5.74, 6) is 0.837. The molecule has 1 fully saturated rings. The van der Waals surface area contributed by atoms with Crippen LogP contribution in [0.15, 0.2) is 24.3 Å². The minimum absolute atomic E-state index is 0.461. The third-order valence-electron chi connectivity index (χ3n) is 3.70. The second-order valence-electron chi connectivity index (χ2n) is 4.66. The molecule has 0 radical (unpaired) electrons. The van der Waals surface area contributed by atoms with E-state index in [0.29, 0.717) is 6.04 Å². The predicted octanol–water partition coefficient (Wildman–Crippen LogP) is 3.62. The van der Waals surface area contributed by atoms with E-state index in [4.69, 9.17) is 0 Å². The van der Waals surface area contributed by atoms with Crippen LogP contribution in [0, 0.1) is 0 Å². The Morgan fingerprint density at radius 1 is 1.13 bits per heavy atom. The molecule has 1 nitrogen and oxygen atoms in total. The van der Waals surface area contributed by atoms with Gasteiger partial charge in [-0.3, -0.25) is 0 Å². The van der Waals surface area contributed by atoms with Crippen LogP contribution in [0.4, 0.5) is 0 Å². The average Bonchev–Trinajstić information content (AvgIpc) is 2.82. The summed E-state index contributed by atoms with van der Waals surface area (Å²) in [5, 5.41) is 3.27. The van der Waals surface area contributed by atoms with Gasteiger partial charge < -0.3 is 5.32 Å². The van der Waals surface area contributed by atoms with Gasteiger partial charge in [0.15, 0.2) is 0 Å². The summed E-state index contributed by atoms with van der Waals surface area (Å²) in [6.07, 6.45) is 5.61. The molecule has 0 amide bonds. The fourth-order valence-electron chi connectivity index (χ4n) is 2.48. The summed E-state index contributed by atoms with van der Waals surface area (Å²) in [5.41, 5.74) is 2.93. The summed E-state index contributed by atoms with van der Waals surface area (Å²) in [6, 6.07) is 9.64. The highest BCUT2D eigenvalue weighted by Gasteiger charge is 2.16. The first-order valence-corrected chi connectivity index (χ1v) is 6.08. The molecule has 1 N–H and O–H groups in total. The van der Waals surface area contributed by atoms with Crippen molar-refractivity contribution in [2.24, 2.45) is 0 Å². The number of rotatable bonds is 3. The monoisotopic (exact) mass is 203 g/mol. The smallest absolute Gasteiger partial charge is 0.0289 e. The molecule has 0 aromatic heterocycles. The van der Waals surface area contributed by atoms with Gasteiger partial charge in [0.1, 0.15) is 0 Å². The molecule has 1 heteroatoms. The zero-order valence-corrected chi connectivity index (χ0v) is 9.79. The molecule has 82 valence electrons. The Labute approximate surface area is 92.9 Å². The second-order valence-corrected chi connectivity index (χ2v) is 4.66. The summed E-state index contributed by atoms with van der Waals surface area (Å²) in [7, 11) is 2.01. The maximum Gasteiger partial charge on any atom is 0.0289 e. The van der Waals surface area contributed by atoms with Gasteiger partial charge in [-0.25, -0.2) is 0 Å². The zero-order chi connectivity index (χ0) is 10.7. The Morgan fingerprint density at radius 3 is 2.27 bits per heavy atom. The molecule has 1 aromatic rings. The van der Waals surface area contributed by atoms with Gasteiger partial charge in [0, 0.05) is 6.04 Å². The summed E-state index contributed by atoms with van der Waals surface area (Å²) in [6.45, 7) is 2.20. The first kappa shape index (κ1) is 10.7. The van der Waals surface area contributed by atoms with Gasteiger partial charge >= 0.3 is 0 Å². The Hall–Kier alpha value is -0.820. The molecule has 1 aromatic carbocycles. The number of hydrogen-bond donors (Lipinski definition) is 1. The third-order valence-corrected chi connectivity index (χ3v) is 3.70. The van der Waals surface area contributed by atoms with Crippen molar-refractivity contribution in [3.05, 3.63) is 35.4 Å². The largest absolute Gasteiger partial charge is 0.313 e. The van der Waals surface area contributed by atoms with Crippen molar-refractivity contribution in [3.63, 3.8) is 0 Å². The summed E-state index contributed by atoms with van der Waals surface area (Å²) in [4.78, 5) is 0. The molecule has 0 bridgehead atoms. The molecule has 15 heavy (non-hydrogen) atoms. The van der Waals surface area contributed by atoms with Gasteiger partial charge in [-0.1, -0.05) is 37.1 Å². The highest BCUT2D eigenvalue weighted by molar-refractivity contribution is 5.27. The van der Waals surface area contributed by atoms with Crippen molar-refractivity contribution < 1.29 is 0 Å². The molecular formula is C14H21N. The molecule has 1 unspecified atom stereocenters. The molecule has 1 atom stereocenters. The Kier molecular flexibility index (Phi) is 3.42. The third kappa shape index (κ3) is 2.40. The lowest BCUT2D eigenvalue weighted by molar-refractivity contribution is 0.650. The fourth-order valence-corrected chi connectivity index (χ4v) is 2.48. The average molecular weight is 203 g/mol. The van der Waals surface area contributed by atoms with Crippen LogP contribution >= 0.6 is 0 Å². The van der Waals surface area contributed by atoms with Crippen LogP contribution < -0.4 is 5.32 Å². The maximum absolute atomic E-state index is 3.27. The molecule has 0 heterocycles. The first-order chi connectivity index (χ1) is 7.31. The highest BCUT2D eigenvalue weighted by atomic mass is 14.8. The van der Waals surface area contributed by atoms with E-state index in [2.05, 4.69) is 36.5 Å². The Morgan fingerprint density at radius 2 is 1.73 bits per heavy atom. The Bertz CT molecular complexity index is 296. The van der Waals surface area contributed by atoms with Crippen LogP contribution in [-0.2, 0) is 0 Å². The number of nitrogens with one attached hydrogen (secondary N) is 1. The van der Waals surface area contributed by atoms with Crippen molar-refractivity contribution >= 4 is 0 Å². The lowest BCUT2D eigenvalue weighted by Gasteiger charge is -2.13. The van der Waals surface area contributed by atoms with Crippen molar-refractivity contribution in [1.82, 2.24) is 5.32 Å². The van der Waals surface area contributed by atoms with Crippen LogP contribution in [0.2, 0.25) is 0 Å². The van der Waals surface area contributed by atoms with Gasteiger partial charge in [-0.05, 0) is 43.9 Å². The maximum atomic E-state index is 3.27. The lowest BCUT2D eigenvalue weighted by atomic mass is 9.95.